The van der Waals surface area contributed by atoms with E-state index in [0.717, 1.165) is 17.0 Å². The van der Waals surface area contributed by atoms with Crippen LogP contribution in [0.25, 0.3) is 21.6 Å². The van der Waals surface area contributed by atoms with Crippen molar-refractivity contribution in [3.05, 3.63) is 65.3 Å². The molecule has 0 amide bonds. The Morgan fingerprint density at radius 1 is 0.923 bits per heavy atom. The quantitative estimate of drug-likeness (QED) is 0.335. The van der Waals surface area contributed by atoms with E-state index in [-0.39, 0.29) is 11.5 Å². The Morgan fingerprint density at radius 3 is 2.31 bits per heavy atom. The first-order valence-corrected chi connectivity index (χ1v) is 10.0. The largest absolute Gasteiger partial charge is 0.205 e. The fourth-order valence-electron chi connectivity index (χ4n) is 3.59. The van der Waals surface area contributed by atoms with Gasteiger partial charge in [0, 0.05) is 9.75 Å². The maximum absolute atomic E-state index is 14.0. The first kappa shape index (κ1) is 17.3. The van der Waals surface area contributed by atoms with Crippen LogP contribution in [0.15, 0.2) is 59.6 Å². The van der Waals surface area contributed by atoms with Crippen LogP contribution in [0, 0.1) is 5.82 Å². The summed E-state index contributed by atoms with van der Waals surface area (Å²) in [5.74, 6) is 0.368. The van der Waals surface area contributed by atoms with E-state index in [9.17, 15) is 4.39 Å². The van der Waals surface area contributed by atoms with E-state index in [1.54, 1.807) is 6.07 Å². The molecular formula is C22H18FNS2. The van der Waals surface area contributed by atoms with Crippen LogP contribution in [0.4, 0.5) is 10.1 Å². The molecule has 1 heterocycles. The van der Waals surface area contributed by atoms with Gasteiger partial charge < -0.3 is 0 Å². The van der Waals surface area contributed by atoms with Crippen molar-refractivity contribution in [2.75, 3.05) is 0 Å². The van der Waals surface area contributed by atoms with Gasteiger partial charge in [-0.15, -0.1) is 11.3 Å². The number of isothiocyanates is 1. The highest BCUT2D eigenvalue weighted by Gasteiger charge is 2.19. The van der Waals surface area contributed by atoms with Crippen LogP contribution in [0.2, 0.25) is 0 Å². The molecule has 4 rings (SSSR count). The molecule has 0 radical (unpaired) electrons. The Bertz CT molecular complexity index is 962. The number of hydrogen-bond donors (Lipinski definition) is 0. The molecule has 0 atom stereocenters. The number of hydrogen-bond acceptors (Lipinski definition) is 3. The van der Waals surface area contributed by atoms with Crippen LogP contribution in [0.1, 0.15) is 36.5 Å². The van der Waals surface area contributed by atoms with Gasteiger partial charge in [0.2, 0.25) is 0 Å². The van der Waals surface area contributed by atoms with E-state index in [1.165, 1.54) is 47.1 Å². The van der Waals surface area contributed by atoms with Gasteiger partial charge in [0.05, 0.1) is 5.16 Å². The van der Waals surface area contributed by atoms with Crippen LogP contribution in [0.3, 0.4) is 0 Å². The molecule has 1 aromatic heterocycles. The maximum atomic E-state index is 14.0. The standard InChI is InChI=1S/C22H18FNS2/c23-19-13-18(9-10-20(19)24-14-25)15-5-7-17(8-6-15)22-12-11-21(26-22)16-3-1-2-4-16/h5-13,16H,1-4H2. The minimum Gasteiger partial charge on any atom is -0.205 e. The monoisotopic (exact) mass is 379 g/mol. The van der Waals surface area contributed by atoms with Gasteiger partial charge in [0.15, 0.2) is 0 Å². The lowest BCUT2D eigenvalue weighted by Gasteiger charge is -2.06. The SMILES string of the molecule is Fc1cc(-c2ccc(-c3ccc(C4CCCC4)s3)cc2)ccc1N=C=S. The summed E-state index contributed by atoms with van der Waals surface area (Å²) < 4.78 is 14.0. The third kappa shape index (κ3) is 3.54. The minimum atomic E-state index is -0.386. The number of aliphatic imine (C=N–C) groups is 1. The van der Waals surface area contributed by atoms with Crippen molar-refractivity contribution < 1.29 is 4.39 Å². The number of nitrogens with zero attached hydrogens (tertiary/aromatic N) is 1. The Kier molecular flexibility index (Phi) is 5.07. The highest BCUT2D eigenvalue weighted by molar-refractivity contribution is 7.78. The summed E-state index contributed by atoms with van der Waals surface area (Å²) in [6, 6.07) is 17.8. The van der Waals surface area contributed by atoms with Gasteiger partial charge in [-0.3, -0.25) is 0 Å². The number of benzene rings is 2. The summed E-state index contributed by atoms with van der Waals surface area (Å²) in [6.45, 7) is 0. The molecule has 26 heavy (non-hydrogen) atoms. The first-order chi connectivity index (χ1) is 12.7. The van der Waals surface area contributed by atoms with Crippen molar-refractivity contribution in [1.82, 2.24) is 0 Å². The Morgan fingerprint density at radius 2 is 1.62 bits per heavy atom. The van der Waals surface area contributed by atoms with Crippen molar-refractivity contribution in [1.29, 1.82) is 0 Å². The first-order valence-electron chi connectivity index (χ1n) is 8.82. The molecule has 0 aliphatic heterocycles. The average molecular weight is 380 g/mol. The third-order valence-corrected chi connectivity index (χ3v) is 6.39. The lowest BCUT2D eigenvalue weighted by molar-refractivity contribution is 0.630. The summed E-state index contributed by atoms with van der Waals surface area (Å²) in [4.78, 5) is 6.53. The van der Waals surface area contributed by atoms with Crippen molar-refractivity contribution in [2.24, 2.45) is 4.99 Å². The molecule has 0 saturated heterocycles. The van der Waals surface area contributed by atoms with Crippen LogP contribution < -0.4 is 0 Å². The molecule has 1 aliphatic rings. The summed E-state index contributed by atoms with van der Waals surface area (Å²) in [5.41, 5.74) is 3.25. The van der Waals surface area contributed by atoms with Crippen LogP contribution in [0.5, 0.6) is 0 Å². The van der Waals surface area contributed by atoms with Gasteiger partial charge in [-0.25, -0.2) is 4.39 Å². The topological polar surface area (TPSA) is 12.4 Å². The Labute approximate surface area is 162 Å². The molecule has 130 valence electrons. The molecule has 4 heteroatoms. The zero-order chi connectivity index (χ0) is 17.9. The van der Waals surface area contributed by atoms with Gasteiger partial charge in [-0.1, -0.05) is 43.2 Å². The second-order valence-corrected chi connectivity index (χ2v) is 7.93. The summed E-state index contributed by atoms with van der Waals surface area (Å²) in [6.07, 6.45) is 5.37. The summed E-state index contributed by atoms with van der Waals surface area (Å²) >= 11 is 6.44. The van der Waals surface area contributed by atoms with E-state index in [2.05, 4.69) is 46.6 Å². The number of halogens is 1. The van der Waals surface area contributed by atoms with Gasteiger partial charge >= 0.3 is 0 Å². The van der Waals surface area contributed by atoms with Crippen molar-refractivity contribution in [3.8, 4) is 21.6 Å². The lowest BCUT2D eigenvalue weighted by Crippen LogP contribution is -1.85. The molecule has 1 fully saturated rings. The molecule has 0 spiro atoms. The van der Waals surface area contributed by atoms with E-state index < -0.39 is 0 Å². The predicted molar refractivity (Wildman–Crippen MR) is 111 cm³/mol. The van der Waals surface area contributed by atoms with Gasteiger partial charge in [-0.2, -0.15) is 4.99 Å². The van der Waals surface area contributed by atoms with Gasteiger partial charge in [-0.05, 0) is 71.9 Å². The van der Waals surface area contributed by atoms with E-state index in [0.29, 0.717) is 0 Å². The van der Waals surface area contributed by atoms with Crippen molar-refractivity contribution in [2.45, 2.75) is 31.6 Å². The number of rotatable bonds is 4. The fraction of sp³-hybridized carbons (Fsp3) is 0.227. The molecular weight excluding hydrogens is 361 g/mol. The van der Waals surface area contributed by atoms with Crippen molar-refractivity contribution >= 4 is 34.4 Å². The average Bonchev–Trinajstić information content (AvgIpc) is 3.35. The highest BCUT2D eigenvalue weighted by atomic mass is 32.1. The molecule has 0 N–H and O–H groups in total. The second-order valence-electron chi connectivity index (χ2n) is 6.63. The molecule has 0 bridgehead atoms. The molecule has 0 unspecified atom stereocenters. The number of thiophene rings is 1. The molecule has 1 saturated carbocycles. The van der Waals surface area contributed by atoms with E-state index >= 15 is 0 Å². The molecule has 1 aliphatic carbocycles. The second kappa shape index (κ2) is 7.63. The van der Waals surface area contributed by atoms with E-state index in [4.69, 9.17) is 0 Å². The fourth-order valence-corrected chi connectivity index (χ4v) is 4.87. The van der Waals surface area contributed by atoms with E-state index in [1.807, 2.05) is 29.5 Å². The number of thiocarbonyl (C=S) groups is 1. The predicted octanol–water partition coefficient (Wildman–Crippen LogP) is 7.61. The third-order valence-electron chi connectivity index (χ3n) is 5.00. The summed E-state index contributed by atoms with van der Waals surface area (Å²) in [7, 11) is 0. The normalized spacial score (nSPS) is 14.3. The Hall–Kier alpha value is -2.13. The van der Waals surface area contributed by atoms with Crippen molar-refractivity contribution in [3.63, 3.8) is 0 Å². The molecule has 3 aromatic rings. The Balaban J connectivity index is 1.57. The highest BCUT2D eigenvalue weighted by Crippen LogP contribution is 2.40. The van der Waals surface area contributed by atoms with Gasteiger partial charge in [0.1, 0.15) is 11.5 Å². The molecule has 2 aromatic carbocycles. The minimum absolute atomic E-state index is 0.221. The maximum Gasteiger partial charge on any atom is 0.150 e. The molecule has 1 nitrogen and oxygen atoms in total. The zero-order valence-electron chi connectivity index (χ0n) is 14.2. The van der Waals surface area contributed by atoms with Crippen LogP contribution >= 0.6 is 23.6 Å². The smallest absolute Gasteiger partial charge is 0.150 e. The van der Waals surface area contributed by atoms with Crippen LogP contribution in [-0.2, 0) is 0 Å². The lowest BCUT2D eigenvalue weighted by atomic mass is 10.0. The summed E-state index contributed by atoms with van der Waals surface area (Å²) in [5, 5.41) is 2.20. The van der Waals surface area contributed by atoms with Gasteiger partial charge in [0.25, 0.3) is 0 Å². The van der Waals surface area contributed by atoms with Crippen LogP contribution in [-0.4, -0.2) is 5.16 Å². The zero-order valence-corrected chi connectivity index (χ0v) is 15.9.